The normalized spacial score (nSPS) is 21.7. The summed E-state index contributed by atoms with van der Waals surface area (Å²) in [5.41, 5.74) is 7.52. The zero-order chi connectivity index (χ0) is 9.03. The van der Waals surface area contributed by atoms with Crippen LogP contribution in [0.3, 0.4) is 0 Å². The van der Waals surface area contributed by atoms with Gasteiger partial charge in [-0.05, 0) is 24.7 Å². The first-order valence-electron chi connectivity index (χ1n) is 4.42. The Morgan fingerprint density at radius 2 is 2.33 bits per heavy atom. The lowest BCUT2D eigenvalue weighted by atomic mass is 9.67. The number of rotatable bonds is 3. The summed E-state index contributed by atoms with van der Waals surface area (Å²) in [5, 5.41) is 8.39. The standard InChI is InChI=1S/C8H17N3O/c1-2-8(4-3-5-8)6-10-7(9)11-12/h12H,2-6H2,1H3,(H3,9,10,11). The Labute approximate surface area is 72.8 Å². The Morgan fingerprint density at radius 1 is 1.67 bits per heavy atom. The highest BCUT2D eigenvalue weighted by molar-refractivity contribution is 5.76. The van der Waals surface area contributed by atoms with Crippen molar-refractivity contribution >= 4 is 5.96 Å². The summed E-state index contributed by atoms with van der Waals surface area (Å²) in [4.78, 5) is 4.04. The predicted octanol–water partition coefficient (Wildman–Crippen LogP) is 0.860. The number of aliphatic imine (C=N–C) groups is 1. The maximum absolute atomic E-state index is 8.39. The summed E-state index contributed by atoms with van der Waals surface area (Å²) >= 11 is 0. The van der Waals surface area contributed by atoms with Crippen molar-refractivity contribution in [3.8, 4) is 0 Å². The van der Waals surface area contributed by atoms with Crippen molar-refractivity contribution in [3.05, 3.63) is 0 Å². The first-order valence-corrected chi connectivity index (χ1v) is 4.42. The molecule has 1 saturated carbocycles. The van der Waals surface area contributed by atoms with Gasteiger partial charge in [-0.1, -0.05) is 13.3 Å². The van der Waals surface area contributed by atoms with Crippen LogP contribution in [0.15, 0.2) is 4.99 Å². The molecule has 0 aromatic carbocycles. The van der Waals surface area contributed by atoms with Crippen LogP contribution >= 0.6 is 0 Å². The third-order valence-corrected chi connectivity index (χ3v) is 2.86. The molecular weight excluding hydrogens is 154 g/mol. The molecule has 1 rings (SSSR count). The van der Waals surface area contributed by atoms with E-state index in [1.54, 1.807) is 0 Å². The second kappa shape index (κ2) is 3.76. The molecule has 0 amide bonds. The first-order chi connectivity index (χ1) is 5.72. The third kappa shape index (κ3) is 1.88. The molecule has 0 aromatic rings. The Hall–Kier alpha value is -0.770. The van der Waals surface area contributed by atoms with Gasteiger partial charge in [0.05, 0.1) is 0 Å². The van der Waals surface area contributed by atoms with Crippen molar-refractivity contribution in [2.24, 2.45) is 16.1 Å². The fourth-order valence-corrected chi connectivity index (χ4v) is 1.59. The number of guanidine groups is 1. The van der Waals surface area contributed by atoms with Gasteiger partial charge in [0.15, 0.2) is 0 Å². The highest BCUT2D eigenvalue weighted by Gasteiger charge is 2.34. The van der Waals surface area contributed by atoms with Gasteiger partial charge in [0, 0.05) is 6.54 Å². The number of nitrogens with zero attached hydrogens (tertiary/aromatic N) is 1. The van der Waals surface area contributed by atoms with Crippen LogP contribution in [-0.4, -0.2) is 17.7 Å². The summed E-state index contributed by atoms with van der Waals surface area (Å²) < 4.78 is 0. The van der Waals surface area contributed by atoms with Crippen LogP contribution in [0.25, 0.3) is 0 Å². The molecule has 4 N–H and O–H groups in total. The van der Waals surface area contributed by atoms with E-state index in [1.165, 1.54) is 19.3 Å². The van der Waals surface area contributed by atoms with Gasteiger partial charge in [-0.15, -0.1) is 0 Å². The molecule has 4 nitrogen and oxygen atoms in total. The van der Waals surface area contributed by atoms with Gasteiger partial charge in [0.2, 0.25) is 5.96 Å². The maximum Gasteiger partial charge on any atom is 0.212 e. The Balaban J connectivity index is 2.38. The molecule has 0 atom stereocenters. The second-order valence-corrected chi connectivity index (χ2v) is 3.52. The SMILES string of the molecule is CCC1(CN=C(N)NO)CCC1. The predicted molar refractivity (Wildman–Crippen MR) is 48.0 cm³/mol. The van der Waals surface area contributed by atoms with E-state index in [0.29, 0.717) is 5.41 Å². The molecule has 0 bridgehead atoms. The van der Waals surface area contributed by atoms with Crippen molar-refractivity contribution in [1.82, 2.24) is 5.48 Å². The number of hydroxylamine groups is 1. The van der Waals surface area contributed by atoms with Crippen LogP contribution in [0.1, 0.15) is 32.6 Å². The number of hydrogen-bond donors (Lipinski definition) is 3. The average Bonchev–Trinajstić information content (AvgIpc) is 2.03. The first kappa shape index (κ1) is 9.32. The summed E-state index contributed by atoms with van der Waals surface area (Å²) in [6, 6.07) is 0. The molecule has 1 aliphatic rings. The fourth-order valence-electron chi connectivity index (χ4n) is 1.59. The number of nitrogens with two attached hydrogens (primary N) is 1. The molecule has 4 heteroatoms. The lowest BCUT2D eigenvalue weighted by Crippen LogP contribution is -2.35. The minimum Gasteiger partial charge on any atom is -0.368 e. The third-order valence-electron chi connectivity index (χ3n) is 2.86. The maximum atomic E-state index is 8.39. The molecular formula is C8H17N3O. The van der Waals surface area contributed by atoms with E-state index in [4.69, 9.17) is 10.9 Å². The molecule has 0 heterocycles. The second-order valence-electron chi connectivity index (χ2n) is 3.52. The summed E-state index contributed by atoms with van der Waals surface area (Å²) in [7, 11) is 0. The quantitative estimate of drug-likeness (QED) is 0.335. The van der Waals surface area contributed by atoms with Gasteiger partial charge in [-0.25, -0.2) is 5.48 Å². The highest BCUT2D eigenvalue weighted by atomic mass is 16.5. The number of nitrogens with one attached hydrogen (secondary N) is 1. The smallest absolute Gasteiger partial charge is 0.212 e. The van der Waals surface area contributed by atoms with Crippen LogP contribution in [-0.2, 0) is 0 Å². The minimum absolute atomic E-state index is 0.120. The topological polar surface area (TPSA) is 70.6 Å². The van der Waals surface area contributed by atoms with Crippen LogP contribution in [0.2, 0.25) is 0 Å². The molecule has 1 aliphatic carbocycles. The van der Waals surface area contributed by atoms with Crippen molar-refractivity contribution < 1.29 is 5.21 Å². The van der Waals surface area contributed by atoms with Crippen molar-refractivity contribution in [3.63, 3.8) is 0 Å². The minimum atomic E-state index is 0.120. The molecule has 0 radical (unpaired) electrons. The molecule has 0 aromatic heterocycles. The summed E-state index contributed by atoms with van der Waals surface area (Å²) in [6.45, 7) is 2.92. The highest BCUT2D eigenvalue weighted by Crippen LogP contribution is 2.43. The van der Waals surface area contributed by atoms with E-state index >= 15 is 0 Å². The number of hydrogen-bond acceptors (Lipinski definition) is 2. The molecule has 0 spiro atoms. The van der Waals surface area contributed by atoms with Crippen molar-refractivity contribution in [2.75, 3.05) is 6.54 Å². The van der Waals surface area contributed by atoms with Gasteiger partial charge in [0.25, 0.3) is 0 Å². The fraction of sp³-hybridized carbons (Fsp3) is 0.875. The summed E-state index contributed by atoms with van der Waals surface area (Å²) in [5.74, 6) is 0.120. The van der Waals surface area contributed by atoms with Crippen LogP contribution in [0.5, 0.6) is 0 Å². The van der Waals surface area contributed by atoms with Gasteiger partial charge in [0.1, 0.15) is 0 Å². The molecule has 12 heavy (non-hydrogen) atoms. The van der Waals surface area contributed by atoms with Crippen molar-refractivity contribution in [1.29, 1.82) is 0 Å². The lowest BCUT2D eigenvalue weighted by molar-refractivity contribution is 0.138. The lowest BCUT2D eigenvalue weighted by Gasteiger charge is -2.39. The van der Waals surface area contributed by atoms with Gasteiger partial charge in [-0.2, -0.15) is 0 Å². The molecule has 70 valence electrons. The Bertz CT molecular complexity index is 170. The Morgan fingerprint density at radius 3 is 2.67 bits per heavy atom. The molecule has 0 aliphatic heterocycles. The molecule has 0 saturated heterocycles. The van der Waals surface area contributed by atoms with E-state index in [0.717, 1.165) is 13.0 Å². The van der Waals surface area contributed by atoms with Gasteiger partial charge in [-0.3, -0.25) is 10.2 Å². The monoisotopic (exact) mass is 171 g/mol. The average molecular weight is 171 g/mol. The molecule has 0 unspecified atom stereocenters. The van der Waals surface area contributed by atoms with Crippen LogP contribution in [0.4, 0.5) is 0 Å². The zero-order valence-electron chi connectivity index (χ0n) is 7.51. The van der Waals surface area contributed by atoms with E-state index in [2.05, 4.69) is 11.9 Å². The van der Waals surface area contributed by atoms with Gasteiger partial charge >= 0.3 is 0 Å². The zero-order valence-corrected chi connectivity index (χ0v) is 7.51. The Kier molecular flexibility index (Phi) is 2.92. The van der Waals surface area contributed by atoms with E-state index < -0.39 is 0 Å². The van der Waals surface area contributed by atoms with Gasteiger partial charge < -0.3 is 5.73 Å². The molecule has 1 fully saturated rings. The summed E-state index contributed by atoms with van der Waals surface area (Å²) in [6.07, 6.45) is 4.93. The largest absolute Gasteiger partial charge is 0.368 e. The van der Waals surface area contributed by atoms with E-state index in [1.807, 2.05) is 5.48 Å². The van der Waals surface area contributed by atoms with E-state index in [9.17, 15) is 0 Å². The van der Waals surface area contributed by atoms with Crippen LogP contribution in [0, 0.1) is 5.41 Å². The van der Waals surface area contributed by atoms with Crippen molar-refractivity contribution in [2.45, 2.75) is 32.6 Å². The van der Waals surface area contributed by atoms with Crippen LogP contribution < -0.4 is 11.2 Å². The van der Waals surface area contributed by atoms with E-state index in [-0.39, 0.29) is 5.96 Å².